The highest BCUT2D eigenvalue weighted by Crippen LogP contribution is 2.25. The van der Waals surface area contributed by atoms with E-state index in [1.54, 1.807) is 6.07 Å². The van der Waals surface area contributed by atoms with Crippen LogP contribution in [0.5, 0.6) is 11.5 Å². The minimum Gasteiger partial charge on any atom is -0.454 e. The molecule has 0 unspecified atom stereocenters. The first-order valence-electron chi connectivity index (χ1n) is 6.51. The normalized spacial score (nSPS) is 10.3. The molecule has 4 heteroatoms. The average Bonchev–Trinajstić information content (AvgIpc) is 2.43. The summed E-state index contributed by atoms with van der Waals surface area (Å²) in [5, 5.41) is 7.26. The summed E-state index contributed by atoms with van der Waals surface area (Å²) in [4.78, 5) is 0. The molecule has 0 spiro atoms. The molecule has 0 saturated carbocycles. The second-order valence-electron chi connectivity index (χ2n) is 4.55. The lowest BCUT2D eigenvalue weighted by molar-refractivity contribution is 0.442. The van der Waals surface area contributed by atoms with E-state index in [2.05, 4.69) is 6.92 Å². The Bertz CT molecular complexity index is 608. The lowest BCUT2D eigenvalue weighted by Gasteiger charge is -2.08. The van der Waals surface area contributed by atoms with Crippen LogP contribution in [0.3, 0.4) is 0 Å². The van der Waals surface area contributed by atoms with Crippen LogP contribution in [0, 0.1) is 11.2 Å². The lowest BCUT2D eigenvalue weighted by Crippen LogP contribution is -2.11. The number of nitrogens with one attached hydrogen (secondary N) is 1. The van der Waals surface area contributed by atoms with E-state index in [0.717, 1.165) is 12.8 Å². The Labute approximate surface area is 117 Å². The molecule has 2 aromatic carbocycles. The maximum Gasteiger partial charge on any atom is 0.166 e. The van der Waals surface area contributed by atoms with Gasteiger partial charge in [-0.2, -0.15) is 0 Å². The molecule has 0 atom stereocenters. The number of halogens is 1. The fourth-order valence-electron chi connectivity index (χ4n) is 1.89. The van der Waals surface area contributed by atoms with Gasteiger partial charge in [-0.15, -0.1) is 0 Å². The van der Waals surface area contributed by atoms with Crippen LogP contribution >= 0.6 is 0 Å². The molecular formula is C16H17FN2O. The molecule has 0 aromatic heterocycles. The Hall–Kier alpha value is -2.36. The van der Waals surface area contributed by atoms with E-state index in [9.17, 15) is 4.39 Å². The van der Waals surface area contributed by atoms with Crippen LogP contribution in [0.4, 0.5) is 4.39 Å². The maximum absolute atomic E-state index is 13.8. The zero-order chi connectivity index (χ0) is 14.5. The van der Waals surface area contributed by atoms with Crippen LogP contribution in [0.2, 0.25) is 0 Å². The SMILES string of the molecule is CCCc1ccc(Oc2ccc(C(=N)N)cc2F)cc1. The summed E-state index contributed by atoms with van der Waals surface area (Å²) in [6.45, 7) is 2.12. The van der Waals surface area contributed by atoms with Gasteiger partial charge in [0.15, 0.2) is 11.6 Å². The lowest BCUT2D eigenvalue weighted by atomic mass is 10.1. The third-order valence-corrected chi connectivity index (χ3v) is 2.93. The Morgan fingerprint density at radius 2 is 1.90 bits per heavy atom. The highest BCUT2D eigenvalue weighted by atomic mass is 19.1. The minimum atomic E-state index is -0.532. The first-order chi connectivity index (χ1) is 9.60. The van der Waals surface area contributed by atoms with Crippen molar-refractivity contribution in [2.24, 2.45) is 5.73 Å². The quantitative estimate of drug-likeness (QED) is 0.641. The van der Waals surface area contributed by atoms with Crippen molar-refractivity contribution >= 4 is 5.84 Å². The van der Waals surface area contributed by atoms with Crippen LogP contribution in [0.15, 0.2) is 42.5 Å². The number of aryl methyl sites for hydroxylation is 1. The summed E-state index contributed by atoms with van der Waals surface area (Å²) in [6, 6.07) is 11.8. The Morgan fingerprint density at radius 3 is 2.45 bits per heavy atom. The standard InChI is InChI=1S/C16H17FN2O/c1-2-3-11-4-7-13(8-5-11)20-15-9-6-12(16(18)19)10-14(15)17/h4-10H,2-3H2,1H3,(H3,18,19). The fraction of sp³-hybridized carbons (Fsp3) is 0.188. The third-order valence-electron chi connectivity index (χ3n) is 2.93. The molecule has 0 heterocycles. The van der Waals surface area contributed by atoms with E-state index in [-0.39, 0.29) is 11.6 Å². The van der Waals surface area contributed by atoms with Crippen molar-refractivity contribution in [2.75, 3.05) is 0 Å². The van der Waals surface area contributed by atoms with Gasteiger partial charge in [0, 0.05) is 5.56 Å². The highest BCUT2D eigenvalue weighted by molar-refractivity contribution is 5.95. The van der Waals surface area contributed by atoms with Gasteiger partial charge in [-0.05, 0) is 42.3 Å². The largest absolute Gasteiger partial charge is 0.454 e. The van der Waals surface area contributed by atoms with Crippen molar-refractivity contribution in [3.63, 3.8) is 0 Å². The summed E-state index contributed by atoms with van der Waals surface area (Å²) < 4.78 is 19.3. The predicted molar refractivity (Wildman–Crippen MR) is 77.9 cm³/mol. The molecule has 0 aliphatic rings. The van der Waals surface area contributed by atoms with Crippen molar-refractivity contribution < 1.29 is 9.13 Å². The zero-order valence-electron chi connectivity index (χ0n) is 11.3. The summed E-state index contributed by atoms with van der Waals surface area (Å²) in [5.74, 6) is 0.00673. The molecule has 0 fully saturated rings. The number of benzene rings is 2. The molecule has 0 radical (unpaired) electrons. The van der Waals surface area contributed by atoms with Crippen LogP contribution in [0.1, 0.15) is 24.5 Å². The molecule has 2 aromatic rings. The smallest absolute Gasteiger partial charge is 0.166 e. The number of nitrogen functional groups attached to an aromatic ring is 1. The van der Waals surface area contributed by atoms with Gasteiger partial charge in [-0.3, -0.25) is 5.41 Å². The number of hydrogen-bond donors (Lipinski definition) is 2. The summed E-state index contributed by atoms with van der Waals surface area (Å²) in [7, 11) is 0. The van der Waals surface area contributed by atoms with Gasteiger partial charge in [-0.1, -0.05) is 25.5 Å². The molecule has 104 valence electrons. The van der Waals surface area contributed by atoms with Crippen molar-refractivity contribution in [1.82, 2.24) is 0 Å². The molecule has 2 rings (SSSR count). The second-order valence-corrected chi connectivity index (χ2v) is 4.55. The third kappa shape index (κ3) is 3.35. The number of ether oxygens (including phenoxy) is 1. The zero-order valence-corrected chi connectivity index (χ0v) is 11.3. The Kier molecular flexibility index (Phi) is 4.35. The number of nitrogens with two attached hydrogens (primary N) is 1. The van der Waals surface area contributed by atoms with Gasteiger partial charge < -0.3 is 10.5 Å². The van der Waals surface area contributed by atoms with Crippen molar-refractivity contribution in [1.29, 1.82) is 5.41 Å². The summed E-state index contributed by atoms with van der Waals surface area (Å²) >= 11 is 0. The van der Waals surface area contributed by atoms with Crippen LogP contribution in [0.25, 0.3) is 0 Å². The summed E-state index contributed by atoms with van der Waals surface area (Å²) in [5.41, 5.74) is 6.88. The van der Waals surface area contributed by atoms with Gasteiger partial charge in [-0.25, -0.2) is 4.39 Å². The number of hydrogen-bond acceptors (Lipinski definition) is 2. The minimum absolute atomic E-state index is 0.123. The molecule has 0 aliphatic heterocycles. The van der Waals surface area contributed by atoms with E-state index in [0.29, 0.717) is 11.3 Å². The van der Waals surface area contributed by atoms with Crippen molar-refractivity contribution in [2.45, 2.75) is 19.8 Å². The van der Waals surface area contributed by atoms with E-state index in [4.69, 9.17) is 15.9 Å². The molecular weight excluding hydrogens is 255 g/mol. The van der Waals surface area contributed by atoms with Gasteiger partial charge in [0.1, 0.15) is 11.6 Å². The molecule has 3 N–H and O–H groups in total. The maximum atomic E-state index is 13.8. The monoisotopic (exact) mass is 272 g/mol. The van der Waals surface area contributed by atoms with Crippen LogP contribution in [-0.4, -0.2) is 5.84 Å². The second kappa shape index (κ2) is 6.19. The molecule has 0 amide bonds. The fourth-order valence-corrected chi connectivity index (χ4v) is 1.89. The van der Waals surface area contributed by atoms with E-state index in [1.165, 1.54) is 17.7 Å². The average molecular weight is 272 g/mol. The molecule has 3 nitrogen and oxygen atoms in total. The topological polar surface area (TPSA) is 59.1 Å². The first kappa shape index (κ1) is 14.1. The van der Waals surface area contributed by atoms with Crippen LogP contribution in [-0.2, 0) is 6.42 Å². The molecule has 0 aliphatic carbocycles. The molecule has 20 heavy (non-hydrogen) atoms. The van der Waals surface area contributed by atoms with Gasteiger partial charge >= 0.3 is 0 Å². The van der Waals surface area contributed by atoms with Gasteiger partial charge in [0.05, 0.1) is 0 Å². The van der Waals surface area contributed by atoms with Gasteiger partial charge in [0.2, 0.25) is 0 Å². The van der Waals surface area contributed by atoms with Crippen molar-refractivity contribution in [3.05, 3.63) is 59.4 Å². The van der Waals surface area contributed by atoms with E-state index >= 15 is 0 Å². The van der Waals surface area contributed by atoms with Crippen molar-refractivity contribution in [3.8, 4) is 11.5 Å². The Morgan fingerprint density at radius 1 is 1.20 bits per heavy atom. The number of amidine groups is 1. The highest BCUT2D eigenvalue weighted by Gasteiger charge is 2.07. The van der Waals surface area contributed by atoms with E-state index in [1.807, 2.05) is 24.3 Å². The van der Waals surface area contributed by atoms with Gasteiger partial charge in [0.25, 0.3) is 0 Å². The van der Waals surface area contributed by atoms with Crippen LogP contribution < -0.4 is 10.5 Å². The molecule has 0 saturated heterocycles. The van der Waals surface area contributed by atoms with E-state index < -0.39 is 5.82 Å². The Balaban J connectivity index is 2.15. The summed E-state index contributed by atoms with van der Waals surface area (Å²) in [6.07, 6.45) is 2.10. The predicted octanol–water partition coefficient (Wildman–Crippen LogP) is 3.85. The number of rotatable bonds is 5. The molecule has 0 bridgehead atoms. The first-order valence-corrected chi connectivity index (χ1v) is 6.51.